The van der Waals surface area contributed by atoms with E-state index in [0.717, 1.165) is 40.4 Å². The van der Waals surface area contributed by atoms with Gasteiger partial charge in [-0.2, -0.15) is 0 Å². The van der Waals surface area contributed by atoms with Crippen LogP contribution in [0.5, 0.6) is 0 Å². The van der Waals surface area contributed by atoms with E-state index in [-0.39, 0.29) is 6.42 Å². The molecule has 2 aromatic rings. The highest BCUT2D eigenvalue weighted by Crippen LogP contribution is 2.40. The summed E-state index contributed by atoms with van der Waals surface area (Å²) in [4.78, 5) is 18.9. The fraction of sp³-hybridized carbons (Fsp3) is 0.619. The zero-order valence-corrected chi connectivity index (χ0v) is 20.2. The molecule has 1 saturated carbocycles. The minimum Gasteiger partial charge on any atom is -0.481 e. The Balaban J connectivity index is 1.73. The molecule has 166 valence electrons. The molecule has 2 heterocycles. The van der Waals surface area contributed by atoms with Crippen molar-refractivity contribution in [2.45, 2.75) is 62.6 Å². The molecule has 1 fully saturated rings. The first-order chi connectivity index (χ1) is 14.1. The number of hydrogen-bond acceptors (Lipinski definition) is 7. The maximum atomic E-state index is 11.8. The molecule has 9 heteroatoms. The van der Waals surface area contributed by atoms with Gasteiger partial charge in [0.1, 0.15) is 4.21 Å². The molecule has 0 bridgehead atoms. The van der Waals surface area contributed by atoms with Gasteiger partial charge < -0.3 is 10.0 Å². The van der Waals surface area contributed by atoms with Crippen molar-refractivity contribution in [3.8, 4) is 0 Å². The van der Waals surface area contributed by atoms with Gasteiger partial charge in [0.15, 0.2) is 15.0 Å². The number of thiophene rings is 1. The first-order valence-electron chi connectivity index (χ1n) is 10.3. The minimum atomic E-state index is -3.24. The Hall–Kier alpha value is -1.45. The summed E-state index contributed by atoms with van der Waals surface area (Å²) in [5.74, 6) is 1.15. The number of anilines is 1. The van der Waals surface area contributed by atoms with Gasteiger partial charge in [0.25, 0.3) is 0 Å². The number of carboxylic acids is 1. The van der Waals surface area contributed by atoms with Crippen LogP contribution in [-0.4, -0.2) is 37.3 Å². The summed E-state index contributed by atoms with van der Waals surface area (Å²) >= 11 is 2.78. The van der Waals surface area contributed by atoms with Crippen LogP contribution in [-0.2, 0) is 21.2 Å². The van der Waals surface area contributed by atoms with E-state index in [9.17, 15) is 13.2 Å². The first kappa shape index (κ1) is 23.2. The topological polar surface area (TPSA) is 87.6 Å². The van der Waals surface area contributed by atoms with Crippen LogP contribution in [0.1, 0.15) is 62.4 Å². The van der Waals surface area contributed by atoms with Crippen LogP contribution in [0.4, 0.5) is 5.13 Å². The molecule has 0 aliphatic heterocycles. The number of nitrogens with zero attached hydrogens (tertiary/aromatic N) is 2. The summed E-state index contributed by atoms with van der Waals surface area (Å²) < 4.78 is 23.9. The summed E-state index contributed by atoms with van der Waals surface area (Å²) in [6, 6.07) is 3.42. The molecular formula is C21H30N2O4S3. The maximum absolute atomic E-state index is 11.8. The molecule has 0 aromatic carbocycles. The number of carboxylic acid groups (broad SMARTS) is 1. The smallest absolute Gasteiger partial charge is 0.305 e. The van der Waals surface area contributed by atoms with Crippen LogP contribution in [0.3, 0.4) is 0 Å². The van der Waals surface area contributed by atoms with Crippen LogP contribution in [0.2, 0.25) is 0 Å². The second-order valence-electron chi connectivity index (χ2n) is 8.47. The van der Waals surface area contributed by atoms with Crippen molar-refractivity contribution in [1.82, 2.24) is 4.98 Å². The number of sulfone groups is 1. The number of thiazole rings is 1. The Morgan fingerprint density at radius 2 is 1.97 bits per heavy atom. The maximum Gasteiger partial charge on any atom is 0.305 e. The Morgan fingerprint density at radius 3 is 2.53 bits per heavy atom. The Bertz CT molecular complexity index is 957. The molecule has 0 atom stereocenters. The van der Waals surface area contributed by atoms with Crippen molar-refractivity contribution < 1.29 is 18.3 Å². The molecule has 0 radical (unpaired) electrons. The molecule has 0 unspecified atom stereocenters. The van der Waals surface area contributed by atoms with Gasteiger partial charge in [0.05, 0.1) is 18.7 Å². The molecule has 0 amide bonds. The van der Waals surface area contributed by atoms with E-state index < -0.39 is 15.8 Å². The molecule has 0 saturated heterocycles. The third-order valence-electron chi connectivity index (χ3n) is 5.86. The van der Waals surface area contributed by atoms with Crippen molar-refractivity contribution in [2.75, 3.05) is 17.7 Å². The standard InChI is InChI=1S/C21H30N2O4S3/c1-14(2)15-4-6-16(7-5-15)18-13-28-21(22-18)23(11-10-19(24)25)12-17-8-9-20(29-17)30(3,26)27/h8-9,13-16H,4-7,10-12H2,1-3H3,(H,24,25). The second kappa shape index (κ2) is 9.78. The third-order valence-corrected chi connectivity index (χ3v) is 9.67. The number of rotatable bonds is 9. The summed E-state index contributed by atoms with van der Waals surface area (Å²) in [5.41, 5.74) is 1.11. The number of hydrogen-bond donors (Lipinski definition) is 1. The largest absolute Gasteiger partial charge is 0.481 e. The Morgan fingerprint density at radius 1 is 1.27 bits per heavy atom. The average Bonchev–Trinajstić information content (AvgIpc) is 3.34. The molecule has 6 nitrogen and oxygen atoms in total. The molecule has 3 rings (SSSR count). The minimum absolute atomic E-state index is 0.0126. The summed E-state index contributed by atoms with van der Waals surface area (Å²) in [7, 11) is -3.24. The van der Waals surface area contributed by atoms with E-state index in [2.05, 4.69) is 19.2 Å². The Labute approximate surface area is 186 Å². The SMILES string of the molecule is CC(C)C1CCC(c2csc(N(CCC(=O)O)Cc3ccc(S(C)(=O)=O)s3)n2)CC1. The lowest BCUT2D eigenvalue weighted by atomic mass is 9.76. The zero-order chi connectivity index (χ0) is 21.9. The summed E-state index contributed by atoms with van der Waals surface area (Å²) in [5, 5.41) is 12.1. The fourth-order valence-corrected chi connectivity index (χ4v) is 6.92. The van der Waals surface area contributed by atoms with E-state index >= 15 is 0 Å². The highest BCUT2D eigenvalue weighted by molar-refractivity contribution is 7.92. The molecule has 0 spiro atoms. The molecule has 30 heavy (non-hydrogen) atoms. The molecule has 1 N–H and O–H groups in total. The normalized spacial score (nSPS) is 19.9. The average molecular weight is 471 g/mol. The van der Waals surface area contributed by atoms with Crippen LogP contribution < -0.4 is 4.90 Å². The van der Waals surface area contributed by atoms with Crippen LogP contribution in [0.15, 0.2) is 21.7 Å². The lowest BCUT2D eigenvalue weighted by molar-refractivity contribution is -0.136. The second-order valence-corrected chi connectivity index (χ2v) is 12.7. The van der Waals surface area contributed by atoms with Gasteiger partial charge in [-0.15, -0.1) is 22.7 Å². The first-order valence-corrected chi connectivity index (χ1v) is 13.9. The van der Waals surface area contributed by atoms with Gasteiger partial charge in [0, 0.05) is 29.0 Å². The van der Waals surface area contributed by atoms with Crippen molar-refractivity contribution >= 4 is 43.6 Å². The highest BCUT2D eigenvalue weighted by Gasteiger charge is 2.26. The van der Waals surface area contributed by atoms with Crippen molar-refractivity contribution in [3.05, 3.63) is 28.1 Å². The fourth-order valence-electron chi connectivity index (χ4n) is 3.99. The van der Waals surface area contributed by atoms with Gasteiger partial charge >= 0.3 is 5.97 Å². The molecular weight excluding hydrogens is 440 g/mol. The molecule has 1 aliphatic carbocycles. The molecule has 1 aliphatic rings. The van der Waals surface area contributed by atoms with Crippen molar-refractivity contribution in [2.24, 2.45) is 11.8 Å². The summed E-state index contributed by atoms with van der Waals surface area (Å²) in [6.45, 7) is 5.40. The van der Waals surface area contributed by atoms with Gasteiger partial charge in [-0.1, -0.05) is 13.8 Å². The van der Waals surface area contributed by atoms with E-state index in [4.69, 9.17) is 10.1 Å². The van der Waals surface area contributed by atoms with Gasteiger partial charge in [-0.25, -0.2) is 13.4 Å². The van der Waals surface area contributed by atoms with E-state index in [1.165, 1.54) is 30.4 Å². The van der Waals surface area contributed by atoms with Crippen LogP contribution in [0, 0.1) is 11.8 Å². The van der Waals surface area contributed by atoms with Gasteiger partial charge in [0.2, 0.25) is 0 Å². The Kier molecular flexibility index (Phi) is 7.57. The lowest BCUT2D eigenvalue weighted by Gasteiger charge is -2.30. The number of carbonyl (C=O) groups is 1. The third kappa shape index (κ3) is 6.04. The van der Waals surface area contributed by atoms with Crippen molar-refractivity contribution in [1.29, 1.82) is 0 Å². The van der Waals surface area contributed by atoms with Crippen molar-refractivity contribution in [3.63, 3.8) is 0 Å². The van der Waals surface area contributed by atoms with Crippen LogP contribution >= 0.6 is 22.7 Å². The number of aliphatic carboxylic acids is 1. The number of aromatic nitrogens is 1. The highest BCUT2D eigenvalue weighted by atomic mass is 32.2. The van der Waals surface area contributed by atoms with E-state index in [1.54, 1.807) is 23.5 Å². The predicted molar refractivity (Wildman–Crippen MR) is 122 cm³/mol. The zero-order valence-electron chi connectivity index (χ0n) is 17.7. The quantitative estimate of drug-likeness (QED) is 0.554. The van der Waals surface area contributed by atoms with E-state index in [0.29, 0.717) is 23.2 Å². The lowest BCUT2D eigenvalue weighted by Crippen LogP contribution is -2.25. The van der Waals surface area contributed by atoms with Gasteiger partial charge in [-0.05, 0) is 49.7 Å². The van der Waals surface area contributed by atoms with Gasteiger partial charge in [-0.3, -0.25) is 4.79 Å². The van der Waals surface area contributed by atoms with Crippen LogP contribution in [0.25, 0.3) is 0 Å². The monoisotopic (exact) mass is 470 g/mol. The van der Waals surface area contributed by atoms with E-state index in [1.807, 2.05) is 4.90 Å². The molecule has 2 aromatic heterocycles. The predicted octanol–water partition coefficient (Wildman–Crippen LogP) is 5.02. The summed E-state index contributed by atoms with van der Waals surface area (Å²) in [6.07, 6.45) is 6.00.